The number of hydrogen-bond acceptors (Lipinski definition) is 2. The first kappa shape index (κ1) is 12.8. The number of aromatic nitrogens is 1. The molecule has 0 bridgehead atoms. The molecule has 0 fully saturated rings. The monoisotopic (exact) mass is 224 g/mol. The summed E-state index contributed by atoms with van der Waals surface area (Å²) >= 11 is 0. The van der Waals surface area contributed by atoms with Gasteiger partial charge in [0.1, 0.15) is 0 Å². The third kappa shape index (κ3) is 3.10. The number of nitrogens with one attached hydrogen (secondary N) is 1. The van der Waals surface area contributed by atoms with Gasteiger partial charge in [-0.25, -0.2) is 0 Å². The highest BCUT2D eigenvalue weighted by Crippen LogP contribution is 2.14. The van der Waals surface area contributed by atoms with E-state index in [0.717, 1.165) is 13.1 Å². The lowest BCUT2D eigenvalue weighted by Crippen LogP contribution is -2.18. The lowest BCUT2D eigenvalue weighted by Gasteiger charge is -2.06. The summed E-state index contributed by atoms with van der Waals surface area (Å²) in [7, 11) is 0. The summed E-state index contributed by atoms with van der Waals surface area (Å²) in [5.74, 6) is -0.758. The number of carboxylic acids is 1. The highest BCUT2D eigenvalue weighted by atomic mass is 16.4. The van der Waals surface area contributed by atoms with Gasteiger partial charge in [-0.05, 0) is 32.4 Å². The zero-order valence-corrected chi connectivity index (χ0v) is 10.2. The molecule has 4 nitrogen and oxygen atoms in total. The van der Waals surface area contributed by atoms with Crippen LogP contribution in [0.5, 0.6) is 0 Å². The second-order valence-corrected chi connectivity index (χ2v) is 3.96. The van der Waals surface area contributed by atoms with Gasteiger partial charge in [0.25, 0.3) is 0 Å². The summed E-state index contributed by atoms with van der Waals surface area (Å²) in [6.45, 7) is 8.56. The van der Waals surface area contributed by atoms with Crippen LogP contribution in [0.1, 0.15) is 30.3 Å². The fourth-order valence-corrected chi connectivity index (χ4v) is 1.96. The number of aliphatic carboxylic acids is 1. The average Bonchev–Trinajstić information content (AvgIpc) is 2.48. The molecule has 16 heavy (non-hydrogen) atoms. The molecule has 4 heteroatoms. The Morgan fingerprint density at radius 2 is 2.19 bits per heavy atom. The SMILES string of the molecule is CCn1c(C)cc(CNCCC(=O)O)c1C. The first-order valence-electron chi connectivity index (χ1n) is 5.64. The normalized spacial score (nSPS) is 10.7. The van der Waals surface area contributed by atoms with Gasteiger partial charge in [0.2, 0.25) is 0 Å². The Labute approximate surface area is 96.3 Å². The molecule has 0 atom stereocenters. The summed E-state index contributed by atoms with van der Waals surface area (Å²) in [5, 5.41) is 11.7. The van der Waals surface area contributed by atoms with Gasteiger partial charge < -0.3 is 15.0 Å². The van der Waals surface area contributed by atoms with Crippen LogP contribution in [0.25, 0.3) is 0 Å². The summed E-state index contributed by atoms with van der Waals surface area (Å²) in [6.07, 6.45) is 0.173. The average molecular weight is 224 g/mol. The Morgan fingerprint density at radius 1 is 1.50 bits per heavy atom. The van der Waals surface area contributed by atoms with Gasteiger partial charge in [0.05, 0.1) is 6.42 Å². The van der Waals surface area contributed by atoms with Crippen molar-refractivity contribution < 1.29 is 9.90 Å². The van der Waals surface area contributed by atoms with E-state index in [9.17, 15) is 4.79 Å². The zero-order valence-electron chi connectivity index (χ0n) is 10.2. The van der Waals surface area contributed by atoms with Crippen LogP contribution in [0.2, 0.25) is 0 Å². The molecule has 1 rings (SSSR count). The van der Waals surface area contributed by atoms with Gasteiger partial charge >= 0.3 is 5.97 Å². The first-order valence-corrected chi connectivity index (χ1v) is 5.64. The number of carbonyl (C=O) groups is 1. The highest BCUT2D eigenvalue weighted by molar-refractivity contribution is 5.66. The smallest absolute Gasteiger partial charge is 0.304 e. The van der Waals surface area contributed by atoms with Gasteiger partial charge in [-0.3, -0.25) is 4.79 Å². The minimum Gasteiger partial charge on any atom is -0.481 e. The fourth-order valence-electron chi connectivity index (χ4n) is 1.96. The van der Waals surface area contributed by atoms with Crippen LogP contribution in [-0.4, -0.2) is 22.2 Å². The van der Waals surface area contributed by atoms with Crippen molar-refractivity contribution in [3.63, 3.8) is 0 Å². The number of aryl methyl sites for hydroxylation is 1. The molecule has 0 saturated heterocycles. The summed E-state index contributed by atoms with van der Waals surface area (Å²) in [5.41, 5.74) is 3.78. The predicted molar refractivity (Wildman–Crippen MR) is 63.5 cm³/mol. The predicted octanol–water partition coefficient (Wildman–Crippen LogP) is 1.69. The van der Waals surface area contributed by atoms with Crippen LogP contribution in [-0.2, 0) is 17.9 Å². The molecule has 2 N–H and O–H groups in total. The third-order valence-electron chi connectivity index (χ3n) is 2.83. The fraction of sp³-hybridized carbons (Fsp3) is 0.583. The first-order chi connectivity index (χ1) is 7.56. The van der Waals surface area contributed by atoms with E-state index in [1.54, 1.807) is 0 Å². The molecular formula is C12H20N2O2. The van der Waals surface area contributed by atoms with Crippen molar-refractivity contribution in [3.8, 4) is 0 Å². The standard InChI is InChI=1S/C12H20N2O2/c1-4-14-9(2)7-11(10(14)3)8-13-6-5-12(15)16/h7,13H,4-6,8H2,1-3H3,(H,15,16). The highest BCUT2D eigenvalue weighted by Gasteiger charge is 2.07. The molecule has 0 aliphatic heterocycles. The van der Waals surface area contributed by atoms with Crippen molar-refractivity contribution in [2.45, 2.75) is 40.3 Å². The Balaban J connectivity index is 2.51. The molecule has 1 aromatic heterocycles. The van der Waals surface area contributed by atoms with Gasteiger partial charge in [0, 0.05) is 31.0 Å². The van der Waals surface area contributed by atoms with Crippen molar-refractivity contribution in [1.29, 1.82) is 0 Å². The summed E-state index contributed by atoms with van der Waals surface area (Å²) in [4.78, 5) is 10.3. The van der Waals surface area contributed by atoms with E-state index in [1.165, 1.54) is 17.0 Å². The van der Waals surface area contributed by atoms with E-state index in [1.807, 2.05) is 0 Å². The maximum Gasteiger partial charge on any atom is 0.304 e. The molecule has 0 aliphatic carbocycles. The summed E-state index contributed by atoms with van der Waals surface area (Å²) < 4.78 is 2.26. The molecule has 0 spiro atoms. The van der Waals surface area contributed by atoms with Crippen LogP contribution < -0.4 is 5.32 Å². The van der Waals surface area contributed by atoms with Crippen LogP contribution in [0.3, 0.4) is 0 Å². The number of rotatable bonds is 6. The zero-order chi connectivity index (χ0) is 12.1. The number of hydrogen-bond donors (Lipinski definition) is 2. The van der Waals surface area contributed by atoms with E-state index >= 15 is 0 Å². The second-order valence-electron chi connectivity index (χ2n) is 3.96. The maximum absolute atomic E-state index is 10.3. The van der Waals surface area contributed by atoms with Crippen LogP contribution >= 0.6 is 0 Å². The van der Waals surface area contributed by atoms with Gasteiger partial charge in [0.15, 0.2) is 0 Å². The lowest BCUT2D eigenvalue weighted by atomic mass is 10.2. The number of carboxylic acid groups (broad SMARTS) is 1. The lowest BCUT2D eigenvalue weighted by molar-refractivity contribution is -0.136. The van der Waals surface area contributed by atoms with Gasteiger partial charge in [-0.15, -0.1) is 0 Å². The maximum atomic E-state index is 10.3. The topological polar surface area (TPSA) is 54.3 Å². The summed E-state index contributed by atoms with van der Waals surface area (Å²) in [6, 6.07) is 2.16. The quantitative estimate of drug-likeness (QED) is 0.723. The van der Waals surface area contributed by atoms with Crippen molar-refractivity contribution >= 4 is 5.97 Å². The Kier molecular flexibility index (Phi) is 4.55. The van der Waals surface area contributed by atoms with Crippen LogP contribution in [0, 0.1) is 13.8 Å². The van der Waals surface area contributed by atoms with Gasteiger partial charge in [-0.2, -0.15) is 0 Å². The van der Waals surface area contributed by atoms with Crippen molar-refractivity contribution in [1.82, 2.24) is 9.88 Å². The molecule has 0 aliphatic rings. The molecule has 0 saturated carbocycles. The van der Waals surface area contributed by atoms with Gasteiger partial charge in [-0.1, -0.05) is 0 Å². The van der Waals surface area contributed by atoms with Crippen molar-refractivity contribution in [3.05, 3.63) is 23.0 Å². The van der Waals surface area contributed by atoms with Crippen LogP contribution in [0.15, 0.2) is 6.07 Å². The van der Waals surface area contributed by atoms with Crippen molar-refractivity contribution in [2.24, 2.45) is 0 Å². The molecule has 0 radical (unpaired) electrons. The minimum atomic E-state index is -0.758. The molecule has 90 valence electrons. The van der Waals surface area contributed by atoms with E-state index in [0.29, 0.717) is 6.54 Å². The Bertz CT molecular complexity index is 369. The molecule has 1 heterocycles. The molecule has 0 amide bonds. The van der Waals surface area contributed by atoms with E-state index < -0.39 is 5.97 Å². The van der Waals surface area contributed by atoms with E-state index in [4.69, 9.17) is 5.11 Å². The largest absolute Gasteiger partial charge is 0.481 e. The van der Waals surface area contributed by atoms with Crippen molar-refractivity contribution in [2.75, 3.05) is 6.54 Å². The number of nitrogens with zero attached hydrogens (tertiary/aromatic N) is 1. The Hall–Kier alpha value is -1.29. The molecule has 1 aromatic rings. The molecule has 0 aromatic carbocycles. The second kappa shape index (κ2) is 5.70. The third-order valence-corrected chi connectivity index (χ3v) is 2.83. The minimum absolute atomic E-state index is 0.173. The molecule has 0 unspecified atom stereocenters. The van der Waals surface area contributed by atoms with E-state index in [-0.39, 0.29) is 6.42 Å². The van der Waals surface area contributed by atoms with Crippen LogP contribution in [0.4, 0.5) is 0 Å². The van der Waals surface area contributed by atoms with E-state index in [2.05, 4.69) is 36.7 Å². The Morgan fingerprint density at radius 3 is 2.69 bits per heavy atom. The molecular weight excluding hydrogens is 204 g/mol.